The Morgan fingerprint density at radius 1 is 0.177 bits per heavy atom. The van der Waals surface area contributed by atoms with Crippen LogP contribution >= 0.6 is 0 Å². The molecule has 1 aliphatic carbocycles. The topological polar surface area (TPSA) is 0 Å². The Morgan fingerprint density at radius 2 is 0.581 bits per heavy atom. The lowest BCUT2D eigenvalue weighted by Crippen LogP contribution is -1.90. The van der Waals surface area contributed by atoms with E-state index in [0.717, 1.165) is 0 Å². The molecule has 0 saturated heterocycles. The van der Waals surface area contributed by atoms with Crippen molar-refractivity contribution in [2.75, 3.05) is 0 Å². The molecule has 15 aromatic rings. The van der Waals surface area contributed by atoms with E-state index in [1.807, 2.05) is 0 Å². The third-order valence-electron chi connectivity index (χ3n) is 15.0. The highest BCUT2D eigenvalue weighted by Crippen LogP contribution is 2.57. The molecule has 0 atom stereocenters. The second-order valence-corrected chi connectivity index (χ2v) is 17.7. The van der Waals surface area contributed by atoms with Gasteiger partial charge in [-0.25, -0.2) is 0 Å². The molecule has 0 bridgehead atoms. The van der Waals surface area contributed by atoms with Gasteiger partial charge in [-0.1, -0.05) is 176 Å². The minimum absolute atomic E-state index is 1.23. The van der Waals surface area contributed by atoms with Crippen LogP contribution < -0.4 is 0 Å². The number of rotatable bonds is 2. The zero-order valence-corrected chi connectivity index (χ0v) is 33.5. The monoisotopic (exact) mass is 776 g/mol. The van der Waals surface area contributed by atoms with Crippen LogP contribution in [0.5, 0.6) is 0 Å². The fourth-order valence-corrected chi connectivity index (χ4v) is 12.6. The molecule has 0 unspecified atom stereocenters. The van der Waals surface area contributed by atoms with E-state index in [1.165, 1.54) is 163 Å². The second-order valence-electron chi connectivity index (χ2n) is 17.7. The Morgan fingerprint density at radius 3 is 1.24 bits per heavy atom. The largest absolute Gasteiger partial charge is 0.0622 e. The average Bonchev–Trinajstić information content (AvgIpc) is 3.97. The summed E-state index contributed by atoms with van der Waals surface area (Å²) in [6.07, 6.45) is 0. The molecule has 0 heterocycles. The number of benzene rings is 13. The Hall–Kier alpha value is -8.06. The Balaban J connectivity index is 1.08. The third kappa shape index (κ3) is 3.66. The van der Waals surface area contributed by atoms with Crippen molar-refractivity contribution in [2.45, 2.75) is 0 Å². The van der Waals surface area contributed by atoms with Crippen molar-refractivity contribution >= 4 is 118 Å². The SMILES string of the molecule is c1ccc(-c2ccccc2-c2c3ccccc3c3c4ccccc4c4c5c(cc2c34)c2ccc3c4ccc6c7c(ccc(c8ccc5c2c38)c74)-c2cc3ccccc3cc2-6)cc1. The molecule has 1 aliphatic rings. The number of fused-ring (bicyclic) bond motifs is 15. The summed E-state index contributed by atoms with van der Waals surface area (Å²) in [5.41, 5.74) is 10.5. The van der Waals surface area contributed by atoms with Gasteiger partial charge in [-0.15, -0.1) is 0 Å². The van der Waals surface area contributed by atoms with Crippen LogP contribution in [-0.2, 0) is 0 Å². The summed E-state index contributed by atoms with van der Waals surface area (Å²) in [4.78, 5) is 0. The number of hydrogen-bond acceptors (Lipinski definition) is 0. The van der Waals surface area contributed by atoms with Gasteiger partial charge in [0.15, 0.2) is 0 Å². The van der Waals surface area contributed by atoms with Crippen LogP contribution in [0.2, 0.25) is 0 Å². The van der Waals surface area contributed by atoms with Crippen molar-refractivity contribution in [3.63, 3.8) is 0 Å². The van der Waals surface area contributed by atoms with E-state index in [1.54, 1.807) is 0 Å². The van der Waals surface area contributed by atoms with Crippen LogP contribution in [0.4, 0.5) is 0 Å². The summed E-state index contributed by atoms with van der Waals surface area (Å²) >= 11 is 0. The van der Waals surface area contributed by atoms with Crippen LogP contribution in [0.15, 0.2) is 194 Å². The minimum atomic E-state index is 1.23. The van der Waals surface area contributed by atoms with Crippen LogP contribution in [0.25, 0.3) is 163 Å². The van der Waals surface area contributed by atoms with Gasteiger partial charge in [-0.2, -0.15) is 0 Å². The molecule has 0 spiro atoms. The molecule has 0 radical (unpaired) electrons. The standard InChI is InChI=1S/C62H32/c1-2-12-33(13-3-1)36-16-6-7-17-37(36)54-38-18-8-9-19-39(38)58-40-20-10-11-21-41(40)61-60-49-29-28-45-43-23-26-47-51-31-35-15-5-4-14-34(35)30-50(51)46-25-22-42(55(43)57(46)47)44-24-27-48(59(49)56(44)45)52(60)32-53(54)62(58)61/h1-32H. The first kappa shape index (κ1) is 31.8. The summed E-state index contributed by atoms with van der Waals surface area (Å²) < 4.78 is 0. The zero-order chi connectivity index (χ0) is 39.9. The van der Waals surface area contributed by atoms with E-state index in [4.69, 9.17) is 0 Å². The maximum Gasteiger partial charge on any atom is -0.000697 e. The first-order chi connectivity index (χ1) is 30.8. The first-order valence-electron chi connectivity index (χ1n) is 21.8. The quantitative estimate of drug-likeness (QED) is 0.121. The smallest absolute Gasteiger partial charge is 0.000697 e. The lowest BCUT2D eigenvalue weighted by molar-refractivity contribution is 1.61. The van der Waals surface area contributed by atoms with E-state index in [-0.39, 0.29) is 0 Å². The zero-order valence-electron chi connectivity index (χ0n) is 33.5. The highest BCUT2D eigenvalue weighted by molar-refractivity contribution is 6.51. The number of hydrogen-bond donors (Lipinski definition) is 0. The fourth-order valence-electron chi connectivity index (χ4n) is 12.6. The summed E-state index contributed by atoms with van der Waals surface area (Å²) in [7, 11) is 0. The molecule has 0 aliphatic heterocycles. The molecule has 0 saturated carbocycles. The molecule has 15 aromatic carbocycles. The van der Waals surface area contributed by atoms with Crippen LogP contribution in [0, 0.1) is 0 Å². The predicted octanol–water partition coefficient (Wildman–Crippen LogP) is 17.7. The van der Waals surface area contributed by atoms with Crippen molar-refractivity contribution in [1.29, 1.82) is 0 Å². The van der Waals surface area contributed by atoms with E-state index in [0.29, 0.717) is 0 Å². The van der Waals surface area contributed by atoms with Crippen molar-refractivity contribution < 1.29 is 0 Å². The predicted molar refractivity (Wildman–Crippen MR) is 268 cm³/mol. The van der Waals surface area contributed by atoms with Crippen molar-refractivity contribution in [2.24, 2.45) is 0 Å². The second kappa shape index (κ2) is 11.0. The van der Waals surface area contributed by atoms with Gasteiger partial charge in [0, 0.05) is 0 Å². The maximum atomic E-state index is 2.57. The third-order valence-corrected chi connectivity index (χ3v) is 15.0. The molecule has 0 aromatic heterocycles. The Bertz CT molecular complexity index is 4380. The highest BCUT2D eigenvalue weighted by Gasteiger charge is 2.29. The first-order valence-corrected chi connectivity index (χ1v) is 21.8. The summed E-state index contributed by atoms with van der Waals surface area (Å²) in [6, 6.07) is 73.9. The molecular weight excluding hydrogens is 745 g/mol. The van der Waals surface area contributed by atoms with E-state index < -0.39 is 0 Å². The van der Waals surface area contributed by atoms with E-state index in [9.17, 15) is 0 Å². The summed E-state index contributed by atoms with van der Waals surface area (Å²) in [6.45, 7) is 0. The Labute approximate surface area is 355 Å². The van der Waals surface area contributed by atoms with Gasteiger partial charge in [0.25, 0.3) is 0 Å². The lowest BCUT2D eigenvalue weighted by Gasteiger charge is -2.17. The fraction of sp³-hybridized carbons (Fsp3) is 0. The molecule has 0 N–H and O–H groups in total. The van der Waals surface area contributed by atoms with Gasteiger partial charge in [-0.3, -0.25) is 0 Å². The Kier molecular flexibility index (Phi) is 5.64. The van der Waals surface area contributed by atoms with E-state index >= 15 is 0 Å². The summed E-state index contributed by atoms with van der Waals surface area (Å²) in [5, 5.41) is 29.7. The van der Waals surface area contributed by atoms with Crippen LogP contribution in [0.3, 0.4) is 0 Å². The lowest BCUT2D eigenvalue weighted by atomic mass is 9.85. The molecule has 62 heavy (non-hydrogen) atoms. The van der Waals surface area contributed by atoms with Gasteiger partial charge in [0.05, 0.1) is 0 Å². The molecule has 0 nitrogen and oxygen atoms in total. The molecule has 280 valence electrons. The van der Waals surface area contributed by atoms with Crippen molar-refractivity contribution in [3.8, 4) is 44.5 Å². The molecule has 0 fully saturated rings. The van der Waals surface area contributed by atoms with Gasteiger partial charge in [-0.05, 0) is 181 Å². The van der Waals surface area contributed by atoms with Crippen LogP contribution in [-0.4, -0.2) is 0 Å². The van der Waals surface area contributed by atoms with E-state index in [2.05, 4.69) is 194 Å². The minimum Gasteiger partial charge on any atom is -0.0622 e. The average molecular weight is 777 g/mol. The van der Waals surface area contributed by atoms with Crippen LogP contribution in [0.1, 0.15) is 0 Å². The maximum absolute atomic E-state index is 2.57. The van der Waals surface area contributed by atoms with Gasteiger partial charge >= 0.3 is 0 Å². The van der Waals surface area contributed by atoms with Gasteiger partial charge in [0.1, 0.15) is 0 Å². The van der Waals surface area contributed by atoms with Gasteiger partial charge < -0.3 is 0 Å². The molecule has 0 heteroatoms. The van der Waals surface area contributed by atoms with Crippen molar-refractivity contribution in [1.82, 2.24) is 0 Å². The highest BCUT2D eigenvalue weighted by atomic mass is 14.3. The molecular formula is C62H32. The normalized spacial score (nSPS) is 12.8. The molecule has 0 amide bonds. The molecule has 16 rings (SSSR count). The van der Waals surface area contributed by atoms with Crippen molar-refractivity contribution in [3.05, 3.63) is 194 Å². The summed E-state index contributed by atoms with van der Waals surface area (Å²) in [5.74, 6) is 0. The van der Waals surface area contributed by atoms with Gasteiger partial charge in [0.2, 0.25) is 0 Å².